The average Bonchev–Trinajstić information content (AvgIpc) is 2.44. The number of carbonyl (C=O) groups is 3. The zero-order chi connectivity index (χ0) is 16.0. The van der Waals surface area contributed by atoms with Crippen LogP contribution in [0.2, 0.25) is 0 Å². The molecule has 120 valence electrons. The highest BCUT2D eigenvalue weighted by atomic mass is 16.5. The second-order valence-corrected chi connectivity index (χ2v) is 5.80. The van der Waals surface area contributed by atoms with Crippen molar-refractivity contribution in [2.45, 2.75) is 46.6 Å². The Morgan fingerprint density at radius 2 is 2.00 bits per heavy atom. The molecule has 0 aromatic rings. The first kappa shape index (κ1) is 17.5. The molecule has 0 spiro atoms. The van der Waals surface area contributed by atoms with E-state index in [0.717, 1.165) is 12.8 Å². The van der Waals surface area contributed by atoms with Crippen LogP contribution in [0.4, 0.5) is 0 Å². The van der Waals surface area contributed by atoms with E-state index in [4.69, 9.17) is 4.74 Å². The van der Waals surface area contributed by atoms with Crippen LogP contribution in [-0.4, -0.2) is 48.4 Å². The maximum Gasteiger partial charge on any atom is 0.310 e. The summed E-state index contributed by atoms with van der Waals surface area (Å²) in [5, 5.41) is 2.70. The van der Waals surface area contributed by atoms with Crippen molar-refractivity contribution in [1.29, 1.82) is 0 Å². The number of likely N-dealkylation sites (tertiary alicyclic amines) is 1. The SMILES string of the molecule is CCOC(=O)[C@@H]1CCCN(C(=O)C(NC(C)=O)C(C)C)C1. The van der Waals surface area contributed by atoms with Gasteiger partial charge in [-0.2, -0.15) is 0 Å². The van der Waals surface area contributed by atoms with Gasteiger partial charge >= 0.3 is 5.97 Å². The monoisotopic (exact) mass is 298 g/mol. The van der Waals surface area contributed by atoms with Crippen molar-refractivity contribution < 1.29 is 19.1 Å². The van der Waals surface area contributed by atoms with Crippen molar-refractivity contribution in [3.05, 3.63) is 0 Å². The fourth-order valence-electron chi connectivity index (χ4n) is 2.56. The fourth-order valence-corrected chi connectivity index (χ4v) is 2.56. The van der Waals surface area contributed by atoms with Crippen LogP contribution < -0.4 is 5.32 Å². The first-order valence-corrected chi connectivity index (χ1v) is 7.59. The van der Waals surface area contributed by atoms with Gasteiger partial charge < -0.3 is 15.0 Å². The Bertz CT molecular complexity index is 395. The maximum atomic E-state index is 12.6. The van der Waals surface area contributed by atoms with Gasteiger partial charge in [0.05, 0.1) is 12.5 Å². The van der Waals surface area contributed by atoms with Crippen molar-refractivity contribution in [1.82, 2.24) is 10.2 Å². The van der Waals surface area contributed by atoms with Crippen LogP contribution in [0.3, 0.4) is 0 Å². The molecule has 1 N–H and O–H groups in total. The lowest BCUT2D eigenvalue weighted by Gasteiger charge is -2.35. The van der Waals surface area contributed by atoms with Crippen molar-refractivity contribution in [3.63, 3.8) is 0 Å². The number of nitrogens with one attached hydrogen (secondary N) is 1. The lowest BCUT2D eigenvalue weighted by molar-refractivity contribution is -0.152. The van der Waals surface area contributed by atoms with E-state index < -0.39 is 6.04 Å². The topological polar surface area (TPSA) is 75.7 Å². The fraction of sp³-hybridized carbons (Fsp3) is 0.800. The summed E-state index contributed by atoms with van der Waals surface area (Å²) in [5.41, 5.74) is 0. The van der Waals surface area contributed by atoms with E-state index in [1.807, 2.05) is 13.8 Å². The third kappa shape index (κ3) is 5.02. The van der Waals surface area contributed by atoms with Gasteiger partial charge in [-0.15, -0.1) is 0 Å². The zero-order valence-corrected chi connectivity index (χ0v) is 13.3. The summed E-state index contributed by atoms with van der Waals surface area (Å²) >= 11 is 0. The summed E-state index contributed by atoms with van der Waals surface area (Å²) < 4.78 is 5.04. The van der Waals surface area contributed by atoms with Gasteiger partial charge in [0, 0.05) is 20.0 Å². The highest BCUT2D eigenvalue weighted by Crippen LogP contribution is 2.20. The minimum atomic E-state index is -0.538. The number of hydrogen-bond donors (Lipinski definition) is 1. The molecular weight excluding hydrogens is 272 g/mol. The largest absolute Gasteiger partial charge is 0.466 e. The highest BCUT2D eigenvalue weighted by Gasteiger charge is 2.33. The minimum absolute atomic E-state index is 0.00405. The Hall–Kier alpha value is -1.59. The van der Waals surface area contributed by atoms with Gasteiger partial charge in [0.25, 0.3) is 0 Å². The predicted molar refractivity (Wildman–Crippen MR) is 78.4 cm³/mol. The lowest BCUT2D eigenvalue weighted by Crippen LogP contribution is -2.53. The van der Waals surface area contributed by atoms with Gasteiger partial charge in [-0.3, -0.25) is 14.4 Å². The lowest BCUT2D eigenvalue weighted by atomic mass is 9.95. The number of nitrogens with zero attached hydrogens (tertiary/aromatic N) is 1. The van der Waals surface area contributed by atoms with E-state index in [-0.39, 0.29) is 29.6 Å². The van der Waals surface area contributed by atoms with Gasteiger partial charge in [0.2, 0.25) is 11.8 Å². The molecule has 6 nitrogen and oxygen atoms in total. The number of piperidine rings is 1. The van der Waals surface area contributed by atoms with Gasteiger partial charge in [-0.05, 0) is 25.7 Å². The molecule has 1 fully saturated rings. The van der Waals surface area contributed by atoms with Crippen LogP contribution in [0.25, 0.3) is 0 Å². The number of rotatable bonds is 5. The second-order valence-electron chi connectivity index (χ2n) is 5.80. The first-order chi connectivity index (χ1) is 9.86. The van der Waals surface area contributed by atoms with Crippen LogP contribution in [0.15, 0.2) is 0 Å². The summed E-state index contributed by atoms with van der Waals surface area (Å²) in [4.78, 5) is 37.3. The Kier molecular flexibility index (Phi) is 6.65. The normalized spacial score (nSPS) is 20.0. The predicted octanol–water partition coefficient (Wildman–Crippen LogP) is 0.949. The number of amides is 2. The van der Waals surface area contributed by atoms with E-state index in [2.05, 4.69) is 5.32 Å². The molecular formula is C15H26N2O4. The van der Waals surface area contributed by atoms with E-state index in [1.54, 1.807) is 11.8 Å². The van der Waals surface area contributed by atoms with Crippen molar-refractivity contribution >= 4 is 17.8 Å². The van der Waals surface area contributed by atoms with Gasteiger partial charge in [0.1, 0.15) is 6.04 Å². The third-order valence-corrected chi connectivity index (χ3v) is 3.64. The molecule has 1 unspecified atom stereocenters. The van der Waals surface area contributed by atoms with Crippen LogP contribution in [0, 0.1) is 11.8 Å². The number of hydrogen-bond acceptors (Lipinski definition) is 4. The molecule has 0 aromatic heterocycles. The Labute approximate surface area is 126 Å². The molecule has 0 radical (unpaired) electrons. The minimum Gasteiger partial charge on any atom is -0.466 e. The first-order valence-electron chi connectivity index (χ1n) is 7.59. The summed E-state index contributed by atoms with van der Waals surface area (Å²) in [6, 6.07) is -0.538. The van der Waals surface area contributed by atoms with Crippen LogP contribution in [-0.2, 0) is 19.1 Å². The standard InChI is InChI=1S/C15H26N2O4/c1-5-21-15(20)12-7-6-8-17(9-12)14(19)13(10(2)3)16-11(4)18/h10,12-13H,5-9H2,1-4H3,(H,16,18)/t12-,13?/m1/s1. The van der Waals surface area contributed by atoms with E-state index >= 15 is 0 Å². The zero-order valence-electron chi connectivity index (χ0n) is 13.3. The molecule has 0 aliphatic carbocycles. The Balaban J connectivity index is 2.71. The molecule has 1 aliphatic rings. The summed E-state index contributed by atoms with van der Waals surface area (Å²) in [5.74, 6) is -0.831. The smallest absolute Gasteiger partial charge is 0.310 e. The molecule has 1 rings (SSSR count). The van der Waals surface area contributed by atoms with Crippen molar-refractivity contribution in [3.8, 4) is 0 Å². The maximum absolute atomic E-state index is 12.6. The van der Waals surface area contributed by atoms with Gasteiger partial charge in [0.15, 0.2) is 0 Å². The third-order valence-electron chi connectivity index (χ3n) is 3.64. The van der Waals surface area contributed by atoms with Crippen LogP contribution >= 0.6 is 0 Å². The van der Waals surface area contributed by atoms with E-state index in [1.165, 1.54) is 6.92 Å². The average molecular weight is 298 g/mol. The van der Waals surface area contributed by atoms with Crippen LogP contribution in [0.1, 0.15) is 40.5 Å². The van der Waals surface area contributed by atoms with Crippen LogP contribution in [0.5, 0.6) is 0 Å². The Morgan fingerprint density at radius 1 is 1.33 bits per heavy atom. The Morgan fingerprint density at radius 3 is 2.52 bits per heavy atom. The molecule has 0 saturated carbocycles. The molecule has 6 heteroatoms. The van der Waals surface area contributed by atoms with Gasteiger partial charge in [-0.25, -0.2) is 0 Å². The molecule has 1 heterocycles. The highest BCUT2D eigenvalue weighted by molar-refractivity contribution is 5.87. The quantitative estimate of drug-likeness (QED) is 0.767. The van der Waals surface area contributed by atoms with Crippen molar-refractivity contribution in [2.24, 2.45) is 11.8 Å². The molecule has 1 saturated heterocycles. The molecule has 0 bridgehead atoms. The number of esters is 1. The molecule has 21 heavy (non-hydrogen) atoms. The van der Waals surface area contributed by atoms with E-state index in [9.17, 15) is 14.4 Å². The number of carbonyl (C=O) groups excluding carboxylic acids is 3. The second kappa shape index (κ2) is 8.00. The van der Waals surface area contributed by atoms with Crippen molar-refractivity contribution in [2.75, 3.05) is 19.7 Å². The molecule has 1 aliphatic heterocycles. The summed E-state index contributed by atoms with van der Waals surface area (Å²) in [6.07, 6.45) is 1.52. The summed E-state index contributed by atoms with van der Waals surface area (Å²) in [6.45, 7) is 8.31. The summed E-state index contributed by atoms with van der Waals surface area (Å²) in [7, 11) is 0. The van der Waals surface area contributed by atoms with Gasteiger partial charge in [-0.1, -0.05) is 13.8 Å². The number of ether oxygens (including phenoxy) is 1. The molecule has 2 amide bonds. The van der Waals surface area contributed by atoms with E-state index in [0.29, 0.717) is 19.7 Å². The molecule has 2 atom stereocenters. The molecule has 0 aromatic carbocycles.